The number of esters is 1. The number of cyclic esters (lactones) is 1. The lowest BCUT2D eigenvalue weighted by molar-refractivity contribution is -0.158. The molecule has 3 rings (SSSR count). The van der Waals surface area contributed by atoms with Crippen molar-refractivity contribution in [2.45, 2.75) is 224 Å². The van der Waals surface area contributed by atoms with Gasteiger partial charge in [0.05, 0.1) is 51.8 Å². The number of hydrogen-bond acceptors (Lipinski definition) is 22. The molecule has 0 aliphatic carbocycles. The summed E-state index contributed by atoms with van der Waals surface area (Å²) in [7, 11) is 0. The quantitative estimate of drug-likeness (QED) is 0.0230. The van der Waals surface area contributed by atoms with E-state index in [9.17, 15) is 117 Å². The maximum absolute atomic E-state index is 14.7. The average molecular weight is 1560 g/mol. The Morgan fingerprint density at radius 1 is 0.555 bits per heavy atom. The lowest BCUT2D eigenvalue weighted by atomic mass is 9.94. The molecule has 110 heavy (non-hydrogen) atoms. The third-order valence-corrected chi connectivity index (χ3v) is 17.6. The fourth-order valence-electron chi connectivity index (χ4n) is 11.3. The first kappa shape index (κ1) is 92.8. The number of H-pyrrole nitrogens is 1. The van der Waals surface area contributed by atoms with Gasteiger partial charge in [-0.15, -0.1) is 0 Å². The molecule has 0 saturated carbocycles. The second kappa shape index (κ2) is 46.7. The number of fused-ring (bicyclic) bond motifs is 1. The third-order valence-electron chi connectivity index (χ3n) is 17.6. The van der Waals surface area contributed by atoms with Crippen LogP contribution in [-0.2, 0) is 102 Å². The number of nitrogens with one attached hydrogen (secondary N) is 14. The maximum atomic E-state index is 14.7. The predicted octanol–water partition coefficient (Wildman–Crippen LogP) is -5.18. The normalized spacial score (nSPS) is 22.0. The maximum Gasteiger partial charge on any atom is 0.329 e. The molecule has 0 spiro atoms. The zero-order valence-electron chi connectivity index (χ0n) is 62.2. The molecule has 14 amide bonds. The summed E-state index contributed by atoms with van der Waals surface area (Å²) >= 11 is 0. The van der Waals surface area contributed by atoms with E-state index in [2.05, 4.69) is 72.0 Å². The molecular weight excluding hydrogens is 1450 g/mol. The van der Waals surface area contributed by atoms with E-state index in [1.807, 2.05) is 16.0 Å². The summed E-state index contributed by atoms with van der Waals surface area (Å²) in [5.74, 6) is -27.8. The Labute approximate surface area is 632 Å². The molecule has 23 N–H and O–H groups in total. The van der Waals surface area contributed by atoms with Gasteiger partial charge in [-0.25, -0.2) is 4.79 Å². The molecule has 610 valence electrons. The number of amides is 14. The number of aliphatic hydroxyl groups is 1. The van der Waals surface area contributed by atoms with Gasteiger partial charge in [0, 0.05) is 29.9 Å². The number of nitrogens with two attached hydrogens (primary N) is 2. The zero-order chi connectivity index (χ0) is 82.6. The number of carboxylic acids is 4. The number of rotatable bonds is 34. The number of hydrogen-bond donors (Lipinski definition) is 21. The molecule has 0 unspecified atom stereocenters. The van der Waals surface area contributed by atoms with Gasteiger partial charge in [-0.2, -0.15) is 0 Å². The highest BCUT2D eigenvalue weighted by Crippen LogP contribution is 2.21. The number of ether oxygens (including phenoxy) is 1. The summed E-state index contributed by atoms with van der Waals surface area (Å²) in [6.07, 6.45) is -1.58. The topological polar surface area (TPSA) is 659 Å². The number of aliphatic hydroxyl groups excluding tert-OH is 1. The predicted molar refractivity (Wildman–Crippen MR) is 384 cm³/mol. The van der Waals surface area contributed by atoms with Crippen molar-refractivity contribution in [1.29, 1.82) is 0 Å². The SMILES string of the molecule is CC[C@H](C)[C@@H]1NC(=O)[C@H]([C@H](C)CC(=O)O)NC(=O)[C@@H](CO)NC(=O)CNC(=O)[C@H](CC(=O)O)NC(=O)[C@@H](C)NC(=O)[C@H](CC(=O)O)NC(=O)[C@H](CCCN)NC(=O)CNC(=O)[C@@H](NC(=O)[C@H](CC(=O)O)NC(=O)[C@@H](CC(N)=O)NC(=O)[C@H](Cc2c[nH]c3ccccc23)NC(=O)CCCCCCCC(C)C)[C@H](C)OC1=O. The molecule has 1 aromatic carbocycles. The Morgan fingerprint density at radius 2 is 1.09 bits per heavy atom. The lowest BCUT2D eigenvalue weighted by Gasteiger charge is -2.31. The van der Waals surface area contributed by atoms with Crippen molar-refractivity contribution in [2.24, 2.45) is 29.2 Å². The molecule has 2 heterocycles. The summed E-state index contributed by atoms with van der Waals surface area (Å²) < 4.78 is 5.72. The molecule has 2 aromatic rings. The average Bonchev–Trinajstić information content (AvgIpc) is 1.69. The molecule has 0 radical (unpaired) electrons. The molecule has 1 aliphatic heterocycles. The van der Waals surface area contributed by atoms with Crippen molar-refractivity contribution in [2.75, 3.05) is 26.2 Å². The van der Waals surface area contributed by atoms with Gasteiger partial charge in [0.25, 0.3) is 0 Å². The Balaban J connectivity index is 2.20. The lowest BCUT2D eigenvalue weighted by Crippen LogP contribution is -2.62. The van der Waals surface area contributed by atoms with Crippen LogP contribution in [0.5, 0.6) is 0 Å². The van der Waals surface area contributed by atoms with Gasteiger partial charge in [-0.1, -0.05) is 91.3 Å². The molecule has 1 fully saturated rings. The Morgan fingerprint density at radius 3 is 1.67 bits per heavy atom. The monoisotopic (exact) mass is 1560 g/mol. The van der Waals surface area contributed by atoms with Gasteiger partial charge in [0.2, 0.25) is 82.7 Å². The van der Waals surface area contributed by atoms with Crippen LogP contribution in [0, 0.1) is 17.8 Å². The zero-order valence-corrected chi connectivity index (χ0v) is 62.2. The summed E-state index contributed by atoms with van der Waals surface area (Å²) in [6, 6.07) is -14.5. The fraction of sp³-hybridized carbons (Fsp3) is 0.609. The molecule has 1 saturated heterocycles. The first-order valence-corrected chi connectivity index (χ1v) is 35.9. The number of benzene rings is 1. The Bertz CT molecular complexity index is 3630. The van der Waals surface area contributed by atoms with E-state index >= 15 is 0 Å². The smallest absolute Gasteiger partial charge is 0.329 e. The van der Waals surface area contributed by atoms with Gasteiger partial charge in [0.15, 0.2) is 0 Å². The number of para-hydroxylation sites is 1. The number of aliphatic carboxylic acids is 4. The van der Waals surface area contributed by atoms with Crippen molar-refractivity contribution < 1.29 is 121 Å². The summed E-state index contributed by atoms with van der Waals surface area (Å²) in [6.45, 7) is 6.61. The van der Waals surface area contributed by atoms with Crippen LogP contribution in [0.1, 0.15) is 150 Å². The van der Waals surface area contributed by atoms with Gasteiger partial charge in [-0.3, -0.25) is 86.3 Å². The van der Waals surface area contributed by atoms with Crippen LogP contribution in [0.2, 0.25) is 0 Å². The Kier molecular flexibility index (Phi) is 39.4. The van der Waals surface area contributed by atoms with Crippen LogP contribution in [-0.4, -0.2) is 242 Å². The summed E-state index contributed by atoms with van der Waals surface area (Å²) in [5.41, 5.74) is 12.5. The van der Waals surface area contributed by atoms with Crippen molar-refractivity contribution in [3.63, 3.8) is 0 Å². The summed E-state index contributed by atoms with van der Waals surface area (Å²) in [4.78, 5) is 260. The standard InChI is InChI=1S/C69H104N16O25/c1-8-34(4)57-69(109)110-37(7)58(85-65(105)46(28-55(97)98)82-64(104)43(25-48(71)87)80-63(103)42(24-38-29-72-40-19-15-14-18-39(38)40)77-49(88)21-13-11-9-10-12-17-33(2)3)67(107)74-31-50(89)76-41(20-16-22-70)61(101)81-45(27-54(95)96)62(102)75-36(6)59(99)79-44(26-53(93)94)60(100)73-30-51(90)78-47(32-86)66(106)83-56(68(108)84-57)35(5)23-52(91)92/h14-15,18-19,29,33-37,41-47,56-58,72,86H,8-13,16-17,20-28,30-32,70H2,1-7H3,(H2,71,87)(H,73,100)(H,74,107)(H,75,102)(H,76,89)(H,77,88)(H,78,90)(H,79,99)(H,80,103)(H,81,101)(H,82,104)(H,83,106)(H,84,108)(H,85,105)(H,91,92)(H,93,94)(H,95,96)(H,97,98)/t34-,35+,36+,37-,41-,42-,43+,44-,45-,46-,47+,56-,57-,58-/m0/s1. The number of aromatic nitrogens is 1. The van der Waals surface area contributed by atoms with Crippen LogP contribution in [0.4, 0.5) is 0 Å². The van der Waals surface area contributed by atoms with Gasteiger partial charge in [0.1, 0.15) is 72.6 Å². The van der Waals surface area contributed by atoms with Crippen LogP contribution in [0.15, 0.2) is 30.5 Å². The summed E-state index contributed by atoms with van der Waals surface area (Å²) in [5, 5.41) is 79.0. The van der Waals surface area contributed by atoms with Crippen molar-refractivity contribution in [3.05, 3.63) is 36.0 Å². The number of primary amides is 1. The van der Waals surface area contributed by atoms with Gasteiger partial charge < -0.3 is 116 Å². The van der Waals surface area contributed by atoms with Crippen LogP contribution in [0.3, 0.4) is 0 Å². The highest BCUT2D eigenvalue weighted by Gasteiger charge is 2.41. The molecule has 41 nitrogen and oxygen atoms in total. The Hall–Kier alpha value is -11.4. The minimum absolute atomic E-state index is 0.0000285. The second-order valence-corrected chi connectivity index (χ2v) is 27.2. The number of aromatic amines is 1. The molecule has 41 heteroatoms. The minimum Gasteiger partial charge on any atom is -0.481 e. The van der Waals surface area contributed by atoms with Crippen molar-refractivity contribution >= 4 is 123 Å². The van der Waals surface area contributed by atoms with E-state index < -0.39 is 249 Å². The second-order valence-electron chi connectivity index (χ2n) is 27.2. The highest BCUT2D eigenvalue weighted by molar-refractivity contribution is 6.02. The van der Waals surface area contributed by atoms with Crippen molar-refractivity contribution in [3.8, 4) is 0 Å². The van der Waals surface area contributed by atoms with Crippen molar-refractivity contribution in [1.82, 2.24) is 74.1 Å². The van der Waals surface area contributed by atoms with E-state index in [0.29, 0.717) is 35.2 Å². The number of carbonyl (C=O) groups is 19. The van der Waals surface area contributed by atoms with Crippen LogP contribution in [0.25, 0.3) is 10.9 Å². The molecule has 1 aliphatic rings. The first-order valence-electron chi connectivity index (χ1n) is 35.9. The van der Waals surface area contributed by atoms with E-state index in [4.69, 9.17) is 16.2 Å². The van der Waals surface area contributed by atoms with E-state index in [-0.39, 0.29) is 38.6 Å². The molecule has 0 bridgehead atoms. The van der Waals surface area contributed by atoms with Gasteiger partial charge in [-0.05, 0) is 69.0 Å². The van der Waals surface area contributed by atoms with Crippen LogP contribution >= 0.6 is 0 Å². The molecule has 14 atom stereocenters. The number of unbranched alkanes of at least 4 members (excludes halogenated alkanes) is 4. The van der Waals surface area contributed by atoms with E-state index in [1.165, 1.54) is 20.8 Å². The number of carboxylic acid groups (broad SMARTS) is 4. The fourth-order valence-corrected chi connectivity index (χ4v) is 11.3. The van der Waals surface area contributed by atoms with E-state index in [1.54, 1.807) is 30.5 Å². The van der Waals surface area contributed by atoms with Crippen LogP contribution < -0.4 is 80.6 Å². The highest BCUT2D eigenvalue weighted by atomic mass is 16.5. The molecule has 1 aromatic heterocycles. The molecular formula is C69H104N16O25. The van der Waals surface area contributed by atoms with Gasteiger partial charge >= 0.3 is 29.8 Å². The van der Waals surface area contributed by atoms with E-state index in [0.717, 1.165) is 39.5 Å². The largest absolute Gasteiger partial charge is 0.481 e. The number of carbonyl (C=O) groups excluding carboxylic acids is 15. The third kappa shape index (κ3) is 32.6. The first-order chi connectivity index (χ1) is 51.8. The minimum atomic E-state index is -2.31.